The van der Waals surface area contributed by atoms with Crippen molar-refractivity contribution in [2.24, 2.45) is 0 Å². The van der Waals surface area contributed by atoms with E-state index in [4.69, 9.17) is 16.7 Å². The minimum absolute atomic E-state index is 0.0919. The second-order valence-corrected chi connectivity index (χ2v) is 6.53. The summed E-state index contributed by atoms with van der Waals surface area (Å²) in [5.41, 5.74) is 2.13. The Morgan fingerprint density at radius 1 is 1.32 bits per heavy atom. The van der Waals surface area contributed by atoms with Crippen molar-refractivity contribution in [3.63, 3.8) is 0 Å². The van der Waals surface area contributed by atoms with Gasteiger partial charge >= 0.3 is 5.97 Å². The third-order valence-electron chi connectivity index (χ3n) is 3.75. The average molecular weight is 364 g/mol. The van der Waals surface area contributed by atoms with E-state index in [9.17, 15) is 9.59 Å². The second kappa shape index (κ2) is 8.67. The van der Waals surface area contributed by atoms with Gasteiger partial charge in [0.1, 0.15) is 0 Å². The average Bonchev–Trinajstić information content (AvgIpc) is 2.99. The van der Waals surface area contributed by atoms with E-state index < -0.39 is 5.97 Å². The summed E-state index contributed by atoms with van der Waals surface area (Å²) in [7, 11) is 0. The molecule has 0 bridgehead atoms. The molecule has 0 radical (unpaired) electrons. The van der Waals surface area contributed by atoms with Gasteiger partial charge < -0.3 is 10.4 Å². The molecule has 0 saturated carbocycles. The molecule has 7 heteroatoms. The van der Waals surface area contributed by atoms with Crippen LogP contribution in [0, 0.1) is 0 Å². The number of aromatic nitrogens is 2. The number of rotatable bonds is 8. The van der Waals surface area contributed by atoms with Crippen LogP contribution in [0.25, 0.3) is 5.69 Å². The maximum atomic E-state index is 12.5. The molecule has 0 spiro atoms. The highest BCUT2D eigenvalue weighted by molar-refractivity contribution is 6.30. The summed E-state index contributed by atoms with van der Waals surface area (Å²) in [6, 6.07) is 7.31. The minimum Gasteiger partial charge on any atom is -0.481 e. The van der Waals surface area contributed by atoms with Gasteiger partial charge in [0, 0.05) is 18.0 Å². The van der Waals surface area contributed by atoms with Gasteiger partial charge in [-0.25, -0.2) is 4.68 Å². The van der Waals surface area contributed by atoms with Gasteiger partial charge in [-0.05, 0) is 37.0 Å². The first-order valence-electron chi connectivity index (χ1n) is 8.24. The highest BCUT2D eigenvalue weighted by atomic mass is 35.5. The van der Waals surface area contributed by atoms with Gasteiger partial charge in [0.05, 0.1) is 23.1 Å². The van der Waals surface area contributed by atoms with Gasteiger partial charge in [-0.3, -0.25) is 9.59 Å². The number of benzene rings is 1. The van der Waals surface area contributed by atoms with Crippen LogP contribution in [0.2, 0.25) is 5.02 Å². The molecule has 0 unspecified atom stereocenters. The fourth-order valence-corrected chi connectivity index (χ4v) is 2.78. The van der Waals surface area contributed by atoms with Crippen LogP contribution in [0.15, 0.2) is 30.5 Å². The first-order chi connectivity index (χ1) is 11.9. The second-order valence-electron chi connectivity index (χ2n) is 6.10. The zero-order chi connectivity index (χ0) is 18.4. The molecule has 134 valence electrons. The third-order valence-corrected chi connectivity index (χ3v) is 3.99. The molecule has 1 amide bonds. The molecule has 1 aromatic carbocycles. The number of amides is 1. The van der Waals surface area contributed by atoms with Gasteiger partial charge in [-0.1, -0.05) is 31.5 Å². The molecule has 0 aliphatic heterocycles. The van der Waals surface area contributed by atoms with Crippen LogP contribution < -0.4 is 5.32 Å². The molecule has 1 aromatic heterocycles. The molecule has 2 rings (SSSR count). The van der Waals surface area contributed by atoms with E-state index in [2.05, 4.69) is 10.4 Å². The number of carboxylic acid groups (broad SMARTS) is 1. The zero-order valence-electron chi connectivity index (χ0n) is 14.3. The predicted octanol–water partition coefficient (Wildman–Crippen LogP) is 3.63. The zero-order valence-corrected chi connectivity index (χ0v) is 15.1. The van der Waals surface area contributed by atoms with Crippen molar-refractivity contribution in [2.45, 2.75) is 39.0 Å². The maximum Gasteiger partial charge on any atom is 0.303 e. The van der Waals surface area contributed by atoms with E-state index in [1.54, 1.807) is 23.0 Å². The maximum absolute atomic E-state index is 12.5. The summed E-state index contributed by atoms with van der Waals surface area (Å²) in [6.45, 7) is 4.44. The topological polar surface area (TPSA) is 84.2 Å². The lowest BCUT2D eigenvalue weighted by Crippen LogP contribution is -2.25. The van der Waals surface area contributed by atoms with Crippen molar-refractivity contribution >= 4 is 23.5 Å². The van der Waals surface area contributed by atoms with Crippen LogP contribution >= 0.6 is 11.6 Å². The summed E-state index contributed by atoms with van der Waals surface area (Å²) in [5, 5.41) is 16.4. The Bertz CT molecular complexity index is 756. The molecule has 0 aliphatic carbocycles. The van der Waals surface area contributed by atoms with Crippen LogP contribution in [-0.2, 0) is 4.79 Å². The number of hydrogen-bond donors (Lipinski definition) is 2. The molecule has 0 aliphatic rings. The first-order valence-corrected chi connectivity index (χ1v) is 8.61. The lowest BCUT2D eigenvalue weighted by molar-refractivity contribution is -0.137. The molecule has 2 aromatic rings. The standard InChI is InChI=1S/C18H22ClN3O3/c1-12(2)17-15(18(25)20-9-4-3-8-16(23)24)11-21-22(17)14-7-5-6-13(19)10-14/h5-7,10-12H,3-4,8-9H2,1-2H3,(H,20,25)(H,23,24). The Labute approximate surface area is 151 Å². The Balaban J connectivity index is 2.13. The van der Waals surface area contributed by atoms with Crippen molar-refractivity contribution < 1.29 is 14.7 Å². The Kier molecular flexibility index (Phi) is 6.58. The molecule has 6 nitrogen and oxygen atoms in total. The van der Waals surface area contributed by atoms with Gasteiger partial charge in [-0.15, -0.1) is 0 Å². The highest BCUT2D eigenvalue weighted by Gasteiger charge is 2.20. The van der Waals surface area contributed by atoms with Crippen LogP contribution in [0.4, 0.5) is 0 Å². The van der Waals surface area contributed by atoms with E-state index in [0.717, 1.165) is 11.4 Å². The minimum atomic E-state index is -0.823. The molecule has 2 N–H and O–H groups in total. The Hall–Kier alpha value is -2.34. The highest BCUT2D eigenvalue weighted by Crippen LogP contribution is 2.24. The van der Waals surface area contributed by atoms with E-state index in [1.807, 2.05) is 26.0 Å². The normalized spacial score (nSPS) is 10.9. The van der Waals surface area contributed by atoms with Crippen molar-refractivity contribution in [1.29, 1.82) is 0 Å². The third kappa shape index (κ3) is 5.06. The van der Waals surface area contributed by atoms with Gasteiger partial charge in [-0.2, -0.15) is 5.10 Å². The number of carbonyl (C=O) groups is 2. The van der Waals surface area contributed by atoms with Crippen LogP contribution in [-0.4, -0.2) is 33.3 Å². The number of carbonyl (C=O) groups excluding carboxylic acids is 1. The van der Waals surface area contributed by atoms with Crippen molar-refractivity contribution in [2.75, 3.05) is 6.54 Å². The summed E-state index contributed by atoms with van der Waals surface area (Å²) in [6.07, 6.45) is 2.83. The number of aliphatic carboxylic acids is 1. The summed E-state index contributed by atoms with van der Waals surface area (Å²) in [5.74, 6) is -0.933. The van der Waals surface area contributed by atoms with E-state index in [0.29, 0.717) is 30.0 Å². The van der Waals surface area contributed by atoms with E-state index in [1.165, 1.54) is 0 Å². The molecule has 0 fully saturated rings. The lowest BCUT2D eigenvalue weighted by atomic mass is 10.0. The molecular formula is C18H22ClN3O3. The smallest absolute Gasteiger partial charge is 0.303 e. The molecule has 0 atom stereocenters. The van der Waals surface area contributed by atoms with E-state index in [-0.39, 0.29) is 18.2 Å². The fourth-order valence-electron chi connectivity index (χ4n) is 2.60. The Morgan fingerprint density at radius 2 is 2.08 bits per heavy atom. The van der Waals surface area contributed by atoms with E-state index >= 15 is 0 Å². The van der Waals surface area contributed by atoms with Crippen molar-refractivity contribution in [3.8, 4) is 5.69 Å². The number of halogens is 1. The number of nitrogens with one attached hydrogen (secondary N) is 1. The van der Waals surface area contributed by atoms with Gasteiger partial charge in [0.25, 0.3) is 5.91 Å². The lowest BCUT2D eigenvalue weighted by Gasteiger charge is -2.13. The molecule has 25 heavy (non-hydrogen) atoms. The van der Waals surface area contributed by atoms with Crippen molar-refractivity contribution in [3.05, 3.63) is 46.7 Å². The van der Waals surface area contributed by atoms with Crippen molar-refractivity contribution in [1.82, 2.24) is 15.1 Å². The molecular weight excluding hydrogens is 342 g/mol. The fraction of sp³-hybridized carbons (Fsp3) is 0.389. The summed E-state index contributed by atoms with van der Waals surface area (Å²) < 4.78 is 1.73. The molecule has 0 saturated heterocycles. The number of carboxylic acids is 1. The molecule has 1 heterocycles. The van der Waals surface area contributed by atoms with Gasteiger partial charge in [0.2, 0.25) is 0 Å². The number of unbranched alkanes of at least 4 members (excludes halogenated alkanes) is 1. The number of hydrogen-bond acceptors (Lipinski definition) is 3. The largest absolute Gasteiger partial charge is 0.481 e. The van der Waals surface area contributed by atoms with Crippen LogP contribution in [0.1, 0.15) is 55.1 Å². The predicted molar refractivity (Wildman–Crippen MR) is 96.5 cm³/mol. The van der Waals surface area contributed by atoms with Gasteiger partial charge in [0.15, 0.2) is 0 Å². The summed E-state index contributed by atoms with van der Waals surface area (Å²) in [4.78, 5) is 23.0. The van der Waals surface area contributed by atoms with Crippen LogP contribution in [0.3, 0.4) is 0 Å². The monoisotopic (exact) mass is 363 g/mol. The number of nitrogens with zero attached hydrogens (tertiary/aromatic N) is 2. The van der Waals surface area contributed by atoms with Crippen LogP contribution in [0.5, 0.6) is 0 Å². The summed E-state index contributed by atoms with van der Waals surface area (Å²) >= 11 is 6.05. The quantitative estimate of drug-likeness (QED) is 0.701. The first kappa shape index (κ1) is 19.0. The SMILES string of the molecule is CC(C)c1c(C(=O)NCCCCC(=O)O)cnn1-c1cccc(Cl)c1. The Morgan fingerprint density at radius 3 is 2.72 bits per heavy atom.